The van der Waals surface area contributed by atoms with E-state index < -0.39 is 0 Å². The van der Waals surface area contributed by atoms with Crippen LogP contribution in [0.5, 0.6) is 5.75 Å². The van der Waals surface area contributed by atoms with Gasteiger partial charge in [-0.25, -0.2) is 0 Å². The van der Waals surface area contributed by atoms with Gasteiger partial charge in [0, 0.05) is 24.0 Å². The van der Waals surface area contributed by atoms with Crippen molar-refractivity contribution in [1.82, 2.24) is 5.32 Å². The number of halogens is 1. The number of carbonyl (C=O) groups is 1. The molecule has 0 saturated heterocycles. The first-order valence-corrected chi connectivity index (χ1v) is 6.02. The lowest BCUT2D eigenvalue weighted by Gasteiger charge is -2.10. The van der Waals surface area contributed by atoms with E-state index >= 15 is 0 Å². The zero-order valence-corrected chi connectivity index (χ0v) is 11.2. The van der Waals surface area contributed by atoms with Gasteiger partial charge < -0.3 is 10.1 Å². The molecule has 0 heterocycles. The first kappa shape index (κ1) is 14.0. The molecule has 0 unspecified atom stereocenters. The van der Waals surface area contributed by atoms with Gasteiger partial charge in [0.05, 0.1) is 12.7 Å². The third kappa shape index (κ3) is 4.36. The van der Waals surface area contributed by atoms with Gasteiger partial charge in [-0.2, -0.15) is 0 Å². The number of rotatable bonds is 6. The third-order valence-corrected chi connectivity index (χ3v) is 2.60. The van der Waals surface area contributed by atoms with Gasteiger partial charge in [0.25, 0.3) is 0 Å². The zero-order valence-electron chi connectivity index (χ0n) is 10.4. The van der Waals surface area contributed by atoms with E-state index in [4.69, 9.17) is 16.3 Å². The summed E-state index contributed by atoms with van der Waals surface area (Å²) in [7, 11) is 1.55. The highest BCUT2D eigenvalue weighted by Gasteiger charge is 2.12. The first-order valence-electron chi connectivity index (χ1n) is 5.64. The number of Topliss-reactive ketones (excluding diaryl/α,β-unsaturated/α-hetero) is 1. The van der Waals surface area contributed by atoms with Crippen LogP contribution in [-0.4, -0.2) is 25.5 Å². The number of hydrogen-bond donors (Lipinski definition) is 1. The van der Waals surface area contributed by atoms with Crippen LogP contribution in [0.25, 0.3) is 0 Å². The highest BCUT2D eigenvalue weighted by Crippen LogP contribution is 2.23. The molecule has 0 radical (unpaired) electrons. The van der Waals surface area contributed by atoms with Gasteiger partial charge in [0.1, 0.15) is 5.75 Å². The molecule has 94 valence electrons. The number of hydrogen-bond acceptors (Lipinski definition) is 3. The second-order valence-electron chi connectivity index (χ2n) is 4.13. The van der Waals surface area contributed by atoms with Crippen molar-refractivity contribution >= 4 is 17.4 Å². The lowest BCUT2D eigenvalue weighted by molar-refractivity contribution is 0.0979. The SMILES string of the molecule is COc1ccc(Cl)cc1C(=O)CCNC(C)C. The molecule has 17 heavy (non-hydrogen) atoms. The molecule has 0 aliphatic rings. The summed E-state index contributed by atoms with van der Waals surface area (Å²) < 4.78 is 5.15. The minimum atomic E-state index is 0.0394. The smallest absolute Gasteiger partial charge is 0.167 e. The highest BCUT2D eigenvalue weighted by atomic mass is 35.5. The van der Waals surface area contributed by atoms with Crippen LogP contribution in [-0.2, 0) is 0 Å². The molecular formula is C13H18ClNO2. The van der Waals surface area contributed by atoms with Gasteiger partial charge in [-0.05, 0) is 18.2 Å². The highest BCUT2D eigenvalue weighted by molar-refractivity contribution is 6.31. The Morgan fingerprint density at radius 3 is 2.76 bits per heavy atom. The predicted molar refractivity (Wildman–Crippen MR) is 70.1 cm³/mol. The summed E-state index contributed by atoms with van der Waals surface area (Å²) in [5, 5.41) is 3.75. The van der Waals surface area contributed by atoms with Gasteiger partial charge >= 0.3 is 0 Å². The van der Waals surface area contributed by atoms with Gasteiger partial charge in [-0.3, -0.25) is 4.79 Å². The average Bonchev–Trinajstić information content (AvgIpc) is 2.28. The van der Waals surface area contributed by atoms with E-state index in [2.05, 4.69) is 5.32 Å². The Bertz CT molecular complexity index is 391. The Morgan fingerprint density at radius 1 is 1.47 bits per heavy atom. The van der Waals surface area contributed by atoms with Crippen molar-refractivity contribution in [3.05, 3.63) is 28.8 Å². The van der Waals surface area contributed by atoms with E-state index in [9.17, 15) is 4.79 Å². The Morgan fingerprint density at radius 2 is 2.18 bits per heavy atom. The van der Waals surface area contributed by atoms with Crippen LogP contribution in [0, 0.1) is 0 Å². The summed E-state index contributed by atoms with van der Waals surface area (Å²) in [5.74, 6) is 0.612. The minimum absolute atomic E-state index is 0.0394. The quantitative estimate of drug-likeness (QED) is 0.795. The first-order chi connectivity index (χ1) is 8.04. The molecule has 0 aliphatic carbocycles. The van der Waals surface area contributed by atoms with Crippen LogP contribution in [0.15, 0.2) is 18.2 Å². The molecule has 0 amide bonds. The Kier molecular flexibility index (Phi) is 5.45. The molecule has 0 fully saturated rings. The Hall–Kier alpha value is -1.06. The molecule has 4 heteroatoms. The molecule has 1 aromatic carbocycles. The maximum absolute atomic E-state index is 12.0. The molecule has 0 aliphatic heterocycles. The van der Waals surface area contributed by atoms with E-state index in [1.54, 1.807) is 25.3 Å². The minimum Gasteiger partial charge on any atom is -0.496 e. The van der Waals surface area contributed by atoms with Crippen molar-refractivity contribution in [3.63, 3.8) is 0 Å². The van der Waals surface area contributed by atoms with Crippen LogP contribution in [0.4, 0.5) is 0 Å². The number of ketones is 1. The molecule has 0 spiro atoms. The van der Waals surface area contributed by atoms with Crippen molar-refractivity contribution in [2.45, 2.75) is 26.3 Å². The second-order valence-corrected chi connectivity index (χ2v) is 4.56. The van der Waals surface area contributed by atoms with Gasteiger partial charge in [0.15, 0.2) is 5.78 Å². The fourth-order valence-electron chi connectivity index (χ4n) is 1.51. The van der Waals surface area contributed by atoms with Crippen LogP contribution in [0.2, 0.25) is 5.02 Å². The number of carbonyl (C=O) groups excluding carboxylic acids is 1. The maximum Gasteiger partial charge on any atom is 0.167 e. The summed E-state index contributed by atoms with van der Waals surface area (Å²) in [6, 6.07) is 5.46. The molecule has 0 saturated carbocycles. The predicted octanol–water partition coefficient (Wildman–Crippen LogP) is 2.92. The lowest BCUT2D eigenvalue weighted by Crippen LogP contribution is -2.25. The van der Waals surface area contributed by atoms with Gasteiger partial charge in [-0.15, -0.1) is 0 Å². The van der Waals surface area contributed by atoms with Crippen molar-refractivity contribution in [3.8, 4) is 5.75 Å². The molecule has 1 N–H and O–H groups in total. The molecule has 0 aromatic heterocycles. The van der Waals surface area contributed by atoms with E-state index in [0.29, 0.717) is 35.3 Å². The van der Waals surface area contributed by atoms with Crippen molar-refractivity contribution < 1.29 is 9.53 Å². The topological polar surface area (TPSA) is 38.3 Å². The Balaban J connectivity index is 2.70. The fourth-order valence-corrected chi connectivity index (χ4v) is 1.68. The fraction of sp³-hybridized carbons (Fsp3) is 0.462. The largest absolute Gasteiger partial charge is 0.496 e. The van der Waals surface area contributed by atoms with Crippen molar-refractivity contribution in [2.75, 3.05) is 13.7 Å². The number of benzene rings is 1. The maximum atomic E-state index is 12.0. The molecule has 1 aromatic rings. The van der Waals surface area contributed by atoms with E-state index in [1.165, 1.54) is 0 Å². The Labute approximate surface area is 107 Å². The average molecular weight is 256 g/mol. The number of nitrogens with one attached hydrogen (secondary N) is 1. The molecular weight excluding hydrogens is 238 g/mol. The van der Waals surface area contributed by atoms with E-state index in [-0.39, 0.29) is 5.78 Å². The van der Waals surface area contributed by atoms with Crippen LogP contribution >= 0.6 is 11.6 Å². The number of methoxy groups -OCH3 is 1. The summed E-state index contributed by atoms with van der Waals surface area (Å²) in [6.07, 6.45) is 0.439. The van der Waals surface area contributed by atoms with Crippen molar-refractivity contribution in [2.24, 2.45) is 0 Å². The van der Waals surface area contributed by atoms with Crippen LogP contribution in [0.1, 0.15) is 30.6 Å². The standard InChI is InChI=1S/C13H18ClNO2/c1-9(2)15-7-6-12(16)11-8-10(14)4-5-13(11)17-3/h4-5,8-9,15H,6-7H2,1-3H3. The van der Waals surface area contributed by atoms with Crippen LogP contribution < -0.4 is 10.1 Å². The molecule has 1 rings (SSSR count). The zero-order chi connectivity index (χ0) is 12.8. The normalized spacial score (nSPS) is 10.6. The molecule has 0 bridgehead atoms. The monoisotopic (exact) mass is 255 g/mol. The second kappa shape index (κ2) is 6.62. The third-order valence-electron chi connectivity index (χ3n) is 2.37. The van der Waals surface area contributed by atoms with E-state index in [0.717, 1.165) is 0 Å². The summed E-state index contributed by atoms with van der Waals surface area (Å²) in [5.41, 5.74) is 0.547. The van der Waals surface area contributed by atoms with Gasteiger partial charge in [0.2, 0.25) is 0 Å². The summed E-state index contributed by atoms with van der Waals surface area (Å²) in [6.45, 7) is 4.75. The summed E-state index contributed by atoms with van der Waals surface area (Å²) in [4.78, 5) is 12.0. The van der Waals surface area contributed by atoms with Gasteiger partial charge in [-0.1, -0.05) is 25.4 Å². The number of ether oxygens (including phenoxy) is 1. The molecule has 3 nitrogen and oxygen atoms in total. The summed E-state index contributed by atoms with van der Waals surface area (Å²) >= 11 is 5.88. The van der Waals surface area contributed by atoms with E-state index in [1.807, 2.05) is 13.8 Å². The lowest BCUT2D eigenvalue weighted by atomic mass is 10.1. The van der Waals surface area contributed by atoms with Crippen LogP contribution in [0.3, 0.4) is 0 Å². The van der Waals surface area contributed by atoms with Crippen molar-refractivity contribution in [1.29, 1.82) is 0 Å². The molecule has 0 atom stereocenters.